The molecule has 2 N–H and O–H groups in total. The molecule has 0 aliphatic rings. The van der Waals surface area contributed by atoms with E-state index in [4.69, 9.17) is 9.47 Å². The lowest BCUT2D eigenvalue weighted by molar-refractivity contribution is 0.0702. The van der Waals surface area contributed by atoms with Gasteiger partial charge in [-0.15, -0.1) is 0 Å². The predicted molar refractivity (Wildman–Crippen MR) is 89.1 cm³/mol. The van der Waals surface area contributed by atoms with Gasteiger partial charge in [-0.1, -0.05) is 13.8 Å². The summed E-state index contributed by atoms with van der Waals surface area (Å²) in [5.41, 5.74) is 0. The highest BCUT2D eigenvalue weighted by atomic mass is 16.5. The number of aliphatic imine (C=N–C) groups is 1. The van der Waals surface area contributed by atoms with Crippen LogP contribution in [-0.4, -0.2) is 77.1 Å². The molecule has 0 saturated heterocycles. The van der Waals surface area contributed by atoms with E-state index in [9.17, 15) is 0 Å². The minimum absolute atomic E-state index is 0.652. The van der Waals surface area contributed by atoms with Gasteiger partial charge >= 0.3 is 0 Å². The summed E-state index contributed by atoms with van der Waals surface area (Å²) in [5.74, 6) is 0.890. The number of hydrogen-bond acceptors (Lipinski definition) is 4. The van der Waals surface area contributed by atoms with Crippen LogP contribution in [0.2, 0.25) is 0 Å². The molecule has 126 valence electrons. The normalized spacial score (nSPS) is 12.0. The zero-order valence-electron chi connectivity index (χ0n) is 14.3. The Bertz CT molecular complexity index is 246. The van der Waals surface area contributed by atoms with Crippen molar-refractivity contribution in [3.63, 3.8) is 0 Å². The second-order valence-electron chi connectivity index (χ2n) is 4.67. The third-order valence-corrected chi connectivity index (χ3v) is 3.11. The fraction of sp³-hybridized carbons (Fsp3) is 0.933. The number of methoxy groups -OCH3 is 1. The van der Waals surface area contributed by atoms with Gasteiger partial charge in [-0.3, -0.25) is 4.99 Å². The van der Waals surface area contributed by atoms with Crippen LogP contribution < -0.4 is 10.6 Å². The molecule has 0 atom stereocenters. The summed E-state index contributed by atoms with van der Waals surface area (Å²) in [7, 11) is 1.68. The maximum atomic E-state index is 5.42. The highest BCUT2D eigenvalue weighted by molar-refractivity contribution is 5.79. The summed E-state index contributed by atoms with van der Waals surface area (Å²) < 4.78 is 10.3. The second-order valence-corrected chi connectivity index (χ2v) is 4.67. The molecule has 0 aromatic carbocycles. The maximum absolute atomic E-state index is 5.42. The van der Waals surface area contributed by atoms with E-state index in [1.54, 1.807) is 7.11 Å². The Balaban J connectivity index is 3.80. The monoisotopic (exact) mass is 302 g/mol. The van der Waals surface area contributed by atoms with Crippen molar-refractivity contribution in [3.8, 4) is 0 Å². The Morgan fingerprint density at radius 2 is 1.81 bits per heavy atom. The molecule has 0 saturated carbocycles. The lowest BCUT2D eigenvalue weighted by atomic mass is 10.4. The number of ether oxygens (including phenoxy) is 2. The van der Waals surface area contributed by atoms with Crippen LogP contribution in [0.25, 0.3) is 0 Å². The Morgan fingerprint density at radius 3 is 2.43 bits per heavy atom. The van der Waals surface area contributed by atoms with Crippen LogP contribution >= 0.6 is 0 Å². The molecule has 0 aliphatic carbocycles. The van der Waals surface area contributed by atoms with Crippen LogP contribution in [0.15, 0.2) is 4.99 Å². The number of rotatable bonds is 13. The zero-order chi connectivity index (χ0) is 15.8. The van der Waals surface area contributed by atoms with Gasteiger partial charge < -0.3 is 25.0 Å². The number of likely N-dealkylation sites (N-methyl/N-ethyl adjacent to an activating group) is 1. The molecule has 0 radical (unpaired) electrons. The van der Waals surface area contributed by atoms with Gasteiger partial charge in [0.25, 0.3) is 0 Å². The summed E-state index contributed by atoms with van der Waals surface area (Å²) in [6, 6.07) is 0. The van der Waals surface area contributed by atoms with Crippen LogP contribution in [-0.2, 0) is 9.47 Å². The van der Waals surface area contributed by atoms with Crippen LogP contribution in [0.5, 0.6) is 0 Å². The lowest BCUT2D eigenvalue weighted by Gasteiger charge is -2.19. The van der Waals surface area contributed by atoms with Crippen LogP contribution in [0, 0.1) is 0 Å². The van der Waals surface area contributed by atoms with Gasteiger partial charge in [0.2, 0.25) is 0 Å². The number of nitrogens with zero attached hydrogens (tertiary/aromatic N) is 2. The number of guanidine groups is 1. The van der Waals surface area contributed by atoms with Gasteiger partial charge in [0.05, 0.1) is 13.2 Å². The lowest BCUT2D eigenvalue weighted by Crippen LogP contribution is -2.41. The third-order valence-electron chi connectivity index (χ3n) is 3.11. The van der Waals surface area contributed by atoms with E-state index in [0.29, 0.717) is 13.2 Å². The van der Waals surface area contributed by atoms with Crippen molar-refractivity contribution in [3.05, 3.63) is 0 Å². The van der Waals surface area contributed by atoms with Crippen molar-refractivity contribution in [2.24, 2.45) is 4.99 Å². The van der Waals surface area contributed by atoms with E-state index < -0.39 is 0 Å². The van der Waals surface area contributed by atoms with Crippen molar-refractivity contribution < 1.29 is 9.47 Å². The predicted octanol–water partition coefficient (Wildman–Crippen LogP) is 0.936. The average molecular weight is 302 g/mol. The smallest absolute Gasteiger partial charge is 0.191 e. The molecule has 0 spiro atoms. The first-order chi connectivity index (χ1) is 10.3. The second kappa shape index (κ2) is 15.5. The number of nitrogens with one attached hydrogen (secondary N) is 2. The van der Waals surface area contributed by atoms with Crippen LogP contribution in [0.3, 0.4) is 0 Å². The van der Waals surface area contributed by atoms with Gasteiger partial charge in [-0.05, 0) is 26.4 Å². The van der Waals surface area contributed by atoms with Crippen LogP contribution in [0.1, 0.15) is 27.2 Å². The Kier molecular flexibility index (Phi) is 14.9. The molecule has 0 aliphatic heterocycles. The topological polar surface area (TPSA) is 58.1 Å². The zero-order valence-corrected chi connectivity index (χ0v) is 14.3. The Labute approximate surface area is 130 Å². The molecule has 0 aromatic heterocycles. The fourth-order valence-corrected chi connectivity index (χ4v) is 1.82. The average Bonchev–Trinajstić information content (AvgIpc) is 2.50. The largest absolute Gasteiger partial charge is 0.382 e. The molecular formula is C15H34N4O2. The van der Waals surface area contributed by atoms with Gasteiger partial charge in [0.1, 0.15) is 0 Å². The van der Waals surface area contributed by atoms with E-state index in [1.807, 2.05) is 0 Å². The summed E-state index contributed by atoms with van der Waals surface area (Å²) in [5, 5.41) is 6.63. The molecule has 0 bridgehead atoms. The van der Waals surface area contributed by atoms with Crippen molar-refractivity contribution >= 4 is 5.96 Å². The molecule has 0 amide bonds. The molecule has 0 heterocycles. The first kappa shape index (κ1) is 20.1. The molecule has 0 unspecified atom stereocenters. The molecular weight excluding hydrogens is 268 g/mol. The van der Waals surface area contributed by atoms with Crippen molar-refractivity contribution in [1.82, 2.24) is 15.5 Å². The Morgan fingerprint density at radius 1 is 1.05 bits per heavy atom. The molecule has 6 heteroatoms. The van der Waals surface area contributed by atoms with E-state index in [1.165, 1.54) is 0 Å². The van der Waals surface area contributed by atoms with Gasteiger partial charge in [-0.25, -0.2) is 0 Å². The van der Waals surface area contributed by atoms with E-state index in [0.717, 1.165) is 58.3 Å². The van der Waals surface area contributed by atoms with Crippen molar-refractivity contribution in [1.29, 1.82) is 0 Å². The summed E-state index contributed by atoms with van der Waals surface area (Å²) >= 11 is 0. The van der Waals surface area contributed by atoms with Crippen molar-refractivity contribution in [2.75, 3.05) is 66.2 Å². The number of hydrogen-bond donors (Lipinski definition) is 2. The van der Waals surface area contributed by atoms with Gasteiger partial charge in [0, 0.05) is 39.9 Å². The minimum atomic E-state index is 0.652. The molecule has 0 fully saturated rings. The first-order valence-electron chi connectivity index (χ1n) is 8.09. The quantitative estimate of drug-likeness (QED) is 0.301. The van der Waals surface area contributed by atoms with Crippen molar-refractivity contribution in [2.45, 2.75) is 27.2 Å². The molecule has 0 aromatic rings. The molecule has 0 rings (SSSR count). The van der Waals surface area contributed by atoms with E-state index in [2.05, 4.69) is 41.3 Å². The van der Waals surface area contributed by atoms with E-state index >= 15 is 0 Å². The maximum Gasteiger partial charge on any atom is 0.191 e. The third kappa shape index (κ3) is 12.6. The fourth-order valence-electron chi connectivity index (χ4n) is 1.82. The standard InChI is InChI=1S/C15H34N4O2/c1-5-16-15(18-10-11-19(6-2)7-3)17-9-8-12-21-14-13-20-4/h5-14H2,1-4H3,(H2,16,17,18). The summed E-state index contributed by atoms with van der Waals surface area (Å²) in [4.78, 5) is 6.93. The summed E-state index contributed by atoms with van der Waals surface area (Å²) in [6.07, 6.45) is 0.927. The Hall–Kier alpha value is -0.850. The first-order valence-corrected chi connectivity index (χ1v) is 8.09. The minimum Gasteiger partial charge on any atom is -0.382 e. The highest BCUT2D eigenvalue weighted by Gasteiger charge is 2.00. The molecule has 6 nitrogen and oxygen atoms in total. The SMILES string of the molecule is CCNC(=NCCCOCCOC)NCCN(CC)CC. The highest BCUT2D eigenvalue weighted by Crippen LogP contribution is 1.87. The van der Waals surface area contributed by atoms with E-state index in [-0.39, 0.29) is 0 Å². The molecule has 21 heavy (non-hydrogen) atoms. The van der Waals surface area contributed by atoms with Crippen LogP contribution in [0.4, 0.5) is 0 Å². The van der Waals surface area contributed by atoms with Gasteiger partial charge in [-0.2, -0.15) is 0 Å². The van der Waals surface area contributed by atoms with Gasteiger partial charge in [0.15, 0.2) is 5.96 Å². The summed E-state index contributed by atoms with van der Waals surface area (Å²) in [6.45, 7) is 14.3.